The maximum absolute atomic E-state index is 12.0. The molecule has 0 atom stereocenters. The molecular weight excluding hydrogens is 230 g/mol. The van der Waals surface area contributed by atoms with Crippen LogP contribution in [0.4, 0.5) is 0 Å². The summed E-state index contributed by atoms with van der Waals surface area (Å²) in [4.78, 5) is 12.0. The van der Waals surface area contributed by atoms with E-state index in [-0.39, 0.29) is 11.7 Å². The highest BCUT2D eigenvalue weighted by Gasteiger charge is 2.17. The summed E-state index contributed by atoms with van der Waals surface area (Å²) in [5.41, 5.74) is 7.00. The van der Waals surface area contributed by atoms with Crippen LogP contribution in [0, 0.1) is 0 Å². The Kier molecular flexibility index (Phi) is 5.16. The van der Waals surface area contributed by atoms with E-state index in [1.54, 1.807) is 20.3 Å². The van der Waals surface area contributed by atoms with Crippen molar-refractivity contribution in [3.8, 4) is 11.5 Å². The molecule has 0 aliphatic carbocycles. The molecule has 4 heteroatoms. The van der Waals surface area contributed by atoms with E-state index in [2.05, 4.69) is 13.8 Å². The van der Waals surface area contributed by atoms with E-state index in [0.29, 0.717) is 24.3 Å². The molecule has 1 rings (SSSR count). The Morgan fingerprint density at radius 2 is 1.83 bits per heavy atom. The predicted octanol–water partition coefficient (Wildman–Crippen LogP) is 2.36. The molecular formula is C14H21NO3. The Labute approximate surface area is 108 Å². The standard InChI is InChI=1S/C14H21NO3/c1-9(2)10-7-11(12(16)5-6-15)14(18-4)8-13(10)17-3/h7-9H,5-6,15H2,1-4H3. The maximum atomic E-state index is 12.0. The molecule has 18 heavy (non-hydrogen) atoms. The summed E-state index contributed by atoms with van der Waals surface area (Å²) < 4.78 is 10.6. The second-order valence-corrected chi connectivity index (χ2v) is 4.41. The molecule has 0 unspecified atom stereocenters. The van der Waals surface area contributed by atoms with Gasteiger partial charge < -0.3 is 15.2 Å². The molecule has 0 saturated carbocycles. The van der Waals surface area contributed by atoms with Crippen molar-refractivity contribution in [3.63, 3.8) is 0 Å². The number of ether oxygens (including phenoxy) is 2. The molecule has 1 aromatic rings. The van der Waals surface area contributed by atoms with Crippen LogP contribution in [0.1, 0.15) is 42.1 Å². The molecule has 4 nitrogen and oxygen atoms in total. The second kappa shape index (κ2) is 6.40. The SMILES string of the molecule is COc1cc(OC)c(C(C)C)cc1C(=O)CCN. The van der Waals surface area contributed by atoms with Crippen molar-refractivity contribution in [1.82, 2.24) is 0 Å². The molecule has 0 radical (unpaired) electrons. The number of Topliss-reactive ketones (excluding diaryl/α,β-unsaturated/α-hetero) is 1. The minimum atomic E-state index is -0.00102. The van der Waals surface area contributed by atoms with Crippen molar-refractivity contribution >= 4 is 5.78 Å². The van der Waals surface area contributed by atoms with E-state index in [1.165, 1.54) is 0 Å². The lowest BCUT2D eigenvalue weighted by Gasteiger charge is -2.16. The molecule has 0 amide bonds. The zero-order valence-corrected chi connectivity index (χ0v) is 11.4. The van der Waals surface area contributed by atoms with Crippen LogP contribution in [-0.2, 0) is 0 Å². The Morgan fingerprint density at radius 3 is 2.28 bits per heavy atom. The topological polar surface area (TPSA) is 61.5 Å². The van der Waals surface area contributed by atoms with E-state index in [0.717, 1.165) is 11.3 Å². The Hall–Kier alpha value is -1.55. The van der Waals surface area contributed by atoms with Gasteiger partial charge in [0, 0.05) is 12.5 Å². The van der Waals surface area contributed by atoms with Gasteiger partial charge in [0.1, 0.15) is 11.5 Å². The van der Waals surface area contributed by atoms with Crippen molar-refractivity contribution in [3.05, 3.63) is 23.3 Å². The Morgan fingerprint density at radius 1 is 1.22 bits per heavy atom. The van der Waals surface area contributed by atoms with Crippen LogP contribution in [0.2, 0.25) is 0 Å². The largest absolute Gasteiger partial charge is 0.496 e. The third kappa shape index (κ3) is 3.01. The summed E-state index contributed by atoms with van der Waals surface area (Å²) in [6.07, 6.45) is 0.320. The number of hydrogen-bond donors (Lipinski definition) is 1. The highest BCUT2D eigenvalue weighted by molar-refractivity contribution is 5.99. The fraction of sp³-hybridized carbons (Fsp3) is 0.500. The summed E-state index contributed by atoms with van der Waals surface area (Å²) in [6.45, 7) is 4.45. The minimum absolute atomic E-state index is 0.00102. The Bertz CT molecular complexity index is 427. The zero-order valence-electron chi connectivity index (χ0n) is 11.4. The number of hydrogen-bond acceptors (Lipinski definition) is 4. The summed E-state index contributed by atoms with van der Waals surface area (Å²) in [5, 5.41) is 0. The fourth-order valence-corrected chi connectivity index (χ4v) is 1.86. The van der Waals surface area contributed by atoms with Gasteiger partial charge in [-0.15, -0.1) is 0 Å². The first kappa shape index (κ1) is 14.5. The van der Waals surface area contributed by atoms with Crippen LogP contribution < -0.4 is 15.2 Å². The van der Waals surface area contributed by atoms with E-state index < -0.39 is 0 Å². The lowest BCUT2D eigenvalue weighted by Crippen LogP contribution is -2.10. The van der Waals surface area contributed by atoms with Gasteiger partial charge in [-0.2, -0.15) is 0 Å². The van der Waals surface area contributed by atoms with Crippen LogP contribution in [0.15, 0.2) is 12.1 Å². The molecule has 0 saturated heterocycles. The molecule has 0 bridgehead atoms. The van der Waals surface area contributed by atoms with Crippen LogP contribution >= 0.6 is 0 Å². The van der Waals surface area contributed by atoms with Gasteiger partial charge in [-0.3, -0.25) is 4.79 Å². The van der Waals surface area contributed by atoms with Gasteiger partial charge in [0.05, 0.1) is 19.8 Å². The maximum Gasteiger partial charge on any atom is 0.167 e. The average molecular weight is 251 g/mol. The minimum Gasteiger partial charge on any atom is -0.496 e. The van der Waals surface area contributed by atoms with Gasteiger partial charge in [0.15, 0.2) is 5.78 Å². The molecule has 0 aliphatic heterocycles. The van der Waals surface area contributed by atoms with Crippen molar-refractivity contribution in [2.45, 2.75) is 26.2 Å². The number of ketones is 1. The lowest BCUT2D eigenvalue weighted by atomic mass is 9.96. The third-order valence-corrected chi connectivity index (χ3v) is 2.85. The molecule has 2 N–H and O–H groups in total. The number of methoxy groups -OCH3 is 2. The van der Waals surface area contributed by atoms with Gasteiger partial charge in [0.2, 0.25) is 0 Å². The molecule has 0 heterocycles. The molecule has 0 spiro atoms. The lowest BCUT2D eigenvalue weighted by molar-refractivity contribution is 0.0982. The average Bonchev–Trinajstić information content (AvgIpc) is 2.37. The zero-order chi connectivity index (χ0) is 13.7. The molecule has 1 aromatic carbocycles. The number of rotatable bonds is 6. The van der Waals surface area contributed by atoms with Gasteiger partial charge in [-0.25, -0.2) is 0 Å². The molecule has 0 aromatic heterocycles. The quantitative estimate of drug-likeness (QED) is 0.788. The highest BCUT2D eigenvalue weighted by Crippen LogP contribution is 2.34. The number of carbonyl (C=O) groups excluding carboxylic acids is 1. The first-order valence-electron chi connectivity index (χ1n) is 6.04. The van der Waals surface area contributed by atoms with E-state index in [4.69, 9.17) is 15.2 Å². The predicted molar refractivity (Wildman–Crippen MR) is 71.6 cm³/mol. The van der Waals surface area contributed by atoms with E-state index in [1.807, 2.05) is 6.07 Å². The number of benzene rings is 1. The van der Waals surface area contributed by atoms with Crippen LogP contribution in [0.3, 0.4) is 0 Å². The second-order valence-electron chi connectivity index (χ2n) is 4.41. The summed E-state index contributed by atoms with van der Waals surface area (Å²) in [6, 6.07) is 3.61. The van der Waals surface area contributed by atoms with Gasteiger partial charge >= 0.3 is 0 Å². The van der Waals surface area contributed by atoms with Crippen molar-refractivity contribution < 1.29 is 14.3 Å². The van der Waals surface area contributed by atoms with Crippen LogP contribution in [-0.4, -0.2) is 26.5 Å². The molecule has 0 fully saturated rings. The van der Waals surface area contributed by atoms with Crippen molar-refractivity contribution in [2.24, 2.45) is 5.73 Å². The summed E-state index contributed by atoms with van der Waals surface area (Å²) >= 11 is 0. The molecule has 0 aliphatic rings. The number of carbonyl (C=O) groups is 1. The Balaban J connectivity index is 3.31. The van der Waals surface area contributed by atoms with E-state index >= 15 is 0 Å². The van der Waals surface area contributed by atoms with Crippen LogP contribution in [0.25, 0.3) is 0 Å². The monoisotopic (exact) mass is 251 g/mol. The summed E-state index contributed by atoms with van der Waals surface area (Å²) in [5.74, 6) is 1.55. The smallest absolute Gasteiger partial charge is 0.167 e. The number of nitrogens with two attached hydrogens (primary N) is 1. The highest BCUT2D eigenvalue weighted by atomic mass is 16.5. The van der Waals surface area contributed by atoms with Crippen molar-refractivity contribution in [1.29, 1.82) is 0 Å². The third-order valence-electron chi connectivity index (χ3n) is 2.85. The first-order chi connectivity index (χ1) is 8.54. The summed E-state index contributed by atoms with van der Waals surface area (Å²) in [7, 11) is 3.16. The van der Waals surface area contributed by atoms with Crippen molar-refractivity contribution in [2.75, 3.05) is 20.8 Å². The van der Waals surface area contributed by atoms with Crippen LogP contribution in [0.5, 0.6) is 11.5 Å². The fourth-order valence-electron chi connectivity index (χ4n) is 1.86. The van der Waals surface area contributed by atoms with Gasteiger partial charge in [0.25, 0.3) is 0 Å². The van der Waals surface area contributed by atoms with E-state index in [9.17, 15) is 4.79 Å². The normalized spacial score (nSPS) is 10.6. The molecule has 100 valence electrons. The van der Waals surface area contributed by atoms with Gasteiger partial charge in [-0.1, -0.05) is 13.8 Å². The first-order valence-corrected chi connectivity index (χ1v) is 6.04. The van der Waals surface area contributed by atoms with Gasteiger partial charge in [-0.05, 0) is 24.1 Å².